The molecule has 2 aromatic rings. The van der Waals surface area contributed by atoms with Crippen LogP contribution in [0.15, 0.2) is 36.4 Å². The summed E-state index contributed by atoms with van der Waals surface area (Å²) in [7, 11) is 1.41. The van der Waals surface area contributed by atoms with Crippen LogP contribution in [0.25, 0.3) is 11.1 Å². The van der Waals surface area contributed by atoms with Gasteiger partial charge in [-0.15, -0.1) is 0 Å². The second kappa shape index (κ2) is 10.6. The van der Waals surface area contributed by atoms with Gasteiger partial charge in [0.1, 0.15) is 12.4 Å². The zero-order valence-corrected chi connectivity index (χ0v) is 23.4. The van der Waals surface area contributed by atoms with Gasteiger partial charge in [-0.1, -0.05) is 32.0 Å². The third-order valence-corrected chi connectivity index (χ3v) is 8.95. The number of benzene rings is 2. The fourth-order valence-corrected chi connectivity index (χ4v) is 7.19. The summed E-state index contributed by atoms with van der Waals surface area (Å²) >= 11 is 0. The lowest BCUT2D eigenvalue weighted by Crippen LogP contribution is -2.71. The quantitative estimate of drug-likeness (QED) is 0.369. The molecule has 5 N–H and O–H groups in total. The van der Waals surface area contributed by atoms with Crippen LogP contribution in [-0.2, 0) is 35.1 Å². The lowest BCUT2D eigenvalue weighted by Gasteiger charge is -2.52. The van der Waals surface area contributed by atoms with Crippen molar-refractivity contribution in [3.05, 3.63) is 47.5 Å². The van der Waals surface area contributed by atoms with E-state index in [2.05, 4.69) is 5.32 Å². The highest BCUT2D eigenvalue weighted by Crippen LogP contribution is 2.53. The Labute approximate surface area is 241 Å². The van der Waals surface area contributed by atoms with Crippen LogP contribution in [0, 0.1) is 35.5 Å². The van der Waals surface area contributed by atoms with E-state index in [0.29, 0.717) is 22.4 Å². The molecule has 2 amide bonds. The number of Topliss-reactive ketones (excluding diaryl/α,β-unsaturated/α-hetero) is 4. The first kappa shape index (κ1) is 29.3. The van der Waals surface area contributed by atoms with Crippen LogP contribution < -0.4 is 11.1 Å². The zero-order chi connectivity index (χ0) is 30.7. The zero-order valence-electron chi connectivity index (χ0n) is 23.4. The predicted molar refractivity (Wildman–Crippen MR) is 148 cm³/mol. The number of hydrogen-bond donors (Lipinski definition) is 4. The Hall–Kier alpha value is -4.22. The number of primary amides is 1. The molecular weight excluding hydrogens is 544 g/mol. The van der Waals surface area contributed by atoms with E-state index in [0.717, 1.165) is 0 Å². The van der Waals surface area contributed by atoms with Crippen molar-refractivity contribution < 1.29 is 43.7 Å². The third-order valence-electron chi connectivity index (χ3n) is 8.95. The van der Waals surface area contributed by atoms with Crippen LogP contribution in [0.2, 0.25) is 0 Å². The first-order valence-corrected chi connectivity index (χ1v) is 13.7. The Bertz CT molecular complexity index is 1530. The van der Waals surface area contributed by atoms with Crippen molar-refractivity contribution >= 4 is 40.6 Å². The largest absolute Gasteiger partial charge is 0.507 e. The number of hydrogen-bond acceptors (Lipinski definition) is 9. The molecule has 0 saturated heterocycles. The minimum Gasteiger partial charge on any atom is -0.507 e. The van der Waals surface area contributed by atoms with Gasteiger partial charge < -0.3 is 26.0 Å². The molecule has 0 aromatic heterocycles. The first-order chi connectivity index (χ1) is 19.8. The fraction of sp³-hybridized carbons (Fsp3) is 0.419. The second-order valence-corrected chi connectivity index (χ2v) is 11.7. The van der Waals surface area contributed by atoms with E-state index in [1.54, 1.807) is 44.2 Å². The van der Waals surface area contributed by atoms with Crippen molar-refractivity contribution in [2.75, 3.05) is 19.0 Å². The van der Waals surface area contributed by atoms with E-state index in [1.165, 1.54) is 13.2 Å². The lowest BCUT2D eigenvalue weighted by molar-refractivity contribution is -0.182. The van der Waals surface area contributed by atoms with Crippen molar-refractivity contribution in [3.63, 3.8) is 0 Å². The molecule has 220 valence electrons. The number of ketones is 4. The average Bonchev–Trinajstić information content (AvgIpc) is 2.91. The van der Waals surface area contributed by atoms with Gasteiger partial charge in [0, 0.05) is 24.6 Å². The molecule has 3 aliphatic rings. The van der Waals surface area contributed by atoms with Crippen molar-refractivity contribution in [2.45, 2.75) is 32.3 Å². The topological polar surface area (TPSA) is 190 Å². The SMILES string of the molecule is COCC(=O)Nc1ccc(-c2ccc(O)c3c2C[C@H]2C[C@H]4[C@H](C(C)C)C(=O)C(C(N)=O)C(=O)[C@@]4(O)C(=O)C2C3=O)cc1. The van der Waals surface area contributed by atoms with Crippen LogP contribution in [0.4, 0.5) is 5.69 Å². The van der Waals surface area contributed by atoms with Gasteiger partial charge in [0.05, 0.1) is 11.5 Å². The molecule has 0 spiro atoms. The molecule has 0 bridgehead atoms. The van der Waals surface area contributed by atoms with E-state index in [9.17, 15) is 39.0 Å². The number of nitrogens with one attached hydrogen (secondary N) is 1. The number of ether oxygens (including phenoxy) is 1. The van der Waals surface area contributed by atoms with Crippen LogP contribution in [-0.4, -0.2) is 64.5 Å². The van der Waals surface area contributed by atoms with Gasteiger partial charge in [0.2, 0.25) is 11.8 Å². The highest BCUT2D eigenvalue weighted by Gasteiger charge is 2.69. The van der Waals surface area contributed by atoms with Gasteiger partial charge in [0.25, 0.3) is 0 Å². The van der Waals surface area contributed by atoms with E-state index >= 15 is 0 Å². The molecule has 2 fully saturated rings. The van der Waals surface area contributed by atoms with Gasteiger partial charge in [-0.05, 0) is 59.6 Å². The van der Waals surface area contributed by atoms with Gasteiger partial charge in [-0.3, -0.25) is 28.8 Å². The van der Waals surface area contributed by atoms with Crippen LogP contribution in [0.1, 0.15) is 36.2 Å². The summed E-state index contributed by atoms with van der Waals surface area (Å²) in [6.07, 6.45) is 0.163. The van der Waals surface area contributed by atoms with Crippen molar-refractivity contribution in [1.82, 2.24) is 0 Å². The number of carbonyl (C=O) groups is 6. The number of rotatable bonds is 6. The number of aromatic hydroxyl groups is 1. The molecule has 42 heavy (non-hydrogen) atoms. The third kappa shape index (κ3) is 4.35. The van der Waals surface area contributed by atoms with Crippen molar-refractivity contribution in [2.24, 2.45) is 41.2 Å². The number of methoxy groups -OCH3 is 1. The number of phenols is 1. The highest BCUT2D eigenvalue weighted by molar-refractivity contribution is 6.32. The molecule has 5 rings (SSSR count). The maximum atomic E-state index is 13.9. The van der Waals surface area contributed by atoms with Crippen molar-refractivity contribution in [1.29, 1.82) is 0 Å². The van der Waals surface area contributed by atoms with Gasteiger partial charge in [0.15, 0.2) is 34.7 Å². The first-order valence-electron chi connectivity index (χ1n) is 13.7. The molecule has 0 aliphatic heterocycles. The summed E-state index contributed by atoms with van der Waals surface area (Å²) in [5.41, 5.74) is 4.91. The molecule has 2 unspecified atom stereocenters. The number of carbonyl (C=O) groups excluding carboxylic acids is 6. The molecule has 11 nitrogen and oxygen atoms in total. The van der Waals surface area contributed by atoms with Crippen LogP contribution in [0.3, 0.4) is 0 Å². The fourth-order valence-electron chi connectivity index (χ4n) is 7.19. The molecule has 2 saturated carbocycles. The summed E-state index contributed by atoms with van der Waals surface area (Å²) < 4.78 is 4.82. The molecular formula is C31H32N2O9. The molecule has 0 radical (unpaired) electrons. The van der Waals surface area contributed by atoms with E-state index < -0.39 is 70.1 Å². The number of nitrogens with two attached hydrogens (primary N) is 1. The Morgan fingerprint density at radius 2 is 1.74 bits per heavy atom. The normalized spacial score (nSPS) is 28.6. The predicted octanol–water partition coefficient (Wildman–Crippen LogP) is 1.46. The van der Waals surface area contributed by atoms with E-state index in [1.807, 2.05) is 0 Å². The Balaban J connectivity index is 1.56. The van der Waals surface area contributed by atoms with E-state index in [-0.39, 0.29) is 36.7 Å². The molecule has 0 heterocycles. The number of fused-ring (bicyclic) bond motifs is 3. The number of phenolic OH excluding ortho intramolecular Hbond substituents is 1. The smallest absolute Gasteiger partial charge is 0.250 e. The summed E-state index contributed by atoms with van der Waals surface area (Å²) in [5, 5.41) is 25.2. The van der Waals surface area contributed by atoms with Crippen molar-refractivity contribution in [3.8, 4) is 16.9 Å². The Morgan fingerprint density at radius 1 is 1.07 bits per heavy atom. The summed E-state index contributed by atoms with van der Waals surface area (Å²) in [4.78, 5) is 78.5. The Kier molecular flexibility index (Phi) is 7.36. The summed E-state index contributed by atoms with van der Waals surface area (Å²) in [6.45, 7) is 3.29. The molecule has 3 aliphatic carbocycles. The second-order valence-electron chi connectivity index (χ2n) is 11.7. The standard InChI is InChI=1S/C31H32N2O9/c1-13(2)22-19-11-15-10-18-17(14-4-6-16(7-5-14)33-21(35)12-42-3)8-9-20(34)24(18)27(37)23(15)28(38)31(19,41)29(39)25(26(22)36)30(32)40/h4-9,13,15,19,22-23,25,34,41H,10-12H2,1-3H3,(H2,32,40)(H,33,35)/t15-,19-,22-,23?,25?,31-/m0/s1. The summed E-state index contributed by atoms with van der Waals surface area (Å²) in [6, 6.07) is 9.85. The maximum absolute atomic E-state index is 13.9. The average molecular weight is 577 g/mol. The maximum Gasteiger partial charge on any atom is 0.250 e. The van der Waals surface area contributed by atoms with E-state index in [4.69, 9.17) is 10.5 Å². The van der Waals surface area contributed by atoms with Crippen LogP contribution in [0.5, 0.6) is 5.75 Å². The monoisotopic (exact) mass is 576 g/mol. The van der Waals surface area contributed by atoms with Gasteiger partial charge in [-0.25, -0.2) is 0 Å². The highest BCUT2D eigenvalue weighted by atomic mass is 16.5. The van der Waals surface area contributed by atoms with Gasteiger partial charge in [-0.2, -0.15) is 0 Å². The number of anilines is 1. The minimum absolute atomic E-state index is 0.00343. The Morgan fingerprint density at radius 3 is 2.33 bits per heavy atom. The minimum atomic E-state index is -2.73. The lowest BCUT2D eigenvalue weighted by atomic mass is 9.49. The molecule has 6 atom stereocenters. The number of amides is 2. The number of aliphatic hydroxyl groups is 1. The van der Waals surface area contributed by atoms with Gasteiger partial charge >= 0.3 is 0 Å². The summed E-state index contributed by atoms with van der Waals surface area (Å²) in [5.74, 6) is -12.4. The molecule has 11 heteroatoms. The molecule has 2 aromatic carbocycles. The van der Waals surface area contributed by atoms with Crippen LogP contribution >= 0.6 is 0 Å².